The van der Waals surface area contributed by atoms with Gasteiger partial charge in [-0.1, -0.05) is 24.3 Å². The molecule has 0 aliphatic heterocycles. The number of nitrogens with two attached hydrogens (primary N) is 1. The summed E-state index contributed by atoms with van der Waals surface area (Å²) >= 11 is 0. The summed E-state index contributed by atoms with van der Waals surface area (Å²) < 4.78 is 0. The Morgan fingerprint density at radius 2 is 2.06 bits per heavy atom. The fourth-order valence-corrected chi connectivity index (χ4v) is 1.73. The van der Waals surface area contributed by atoms with Crippen LogP contribution in [-0.4, -0.2) is 30.4 Å². The molecule has 1 amide bonds. The topological polar surface area (TPSA) is 46.3 Å². The van der Waals surface area contributed by atoms with E-state index in [0.29, 0.717) is 6.42 Å². The van der Waals surface area contributed by atoms with Gasteiger partial charge in [-0.25, -0.2) is 0 Å². The van der Waals surface area contributed by atoms with Crippen LogP contribution in [0.4, 0.5) is 0 Å². The first-order valence-corrected chi connectivity index (χ1v) is 6.04. The van der Waals surface area contributed by atoms with Gasteiger partial charge in [0.2, 0.25) is 5.91 Å². The van der Waals surface area contributed by atoms with Gasteiger partial charge in [0.15, 0.2) is 0 Å². The van der Waals surface area contributed by atoms with E-state index in [1.165, 1.54) is 11.1 Å². The predicted octanol–water partition coefficient (Wildman–Crippen LogP) is 1.73. The molecule has 0 aromatic heterocycles. The molecule has 2 N–H and O–H groups in total. The predicted molar refractivity (Wildman–Crippen MR) is 70.8 cm³/mol. The molecule has 0 aliphatic carbocycles. The van der Waals surface area contributed by atoms with Crippen LogP contribution < -0.4 is 5.73 Å². The second-order valence-electron chi connectivity index (χ2n) is 4.67. The molecule has 0 heterocycles. The van der Waals surface area contributed by atoms with Gasteiger partial charge in [-0.15, -0.1) is 0 Å². The monoisotopic (exact) mass is 234 g/mol. The van der Waals surface area contributed by atoms with Crippen molar-refractivity contribution in [2.45, 2.75) is 32.7 Å². The minimum Gasteiger partial charge on any atom is -0.345 e. The Bertz CT molecular complexity index is 374. The van der Waals surface area contributed by atoms with Gasteiger partial charge in [0, 0.05) is 26.1 Å². The Morgan fingerprint density at radius 1 is 1.41 bits per heavy atom. The van der Waals surface area contributed by atoms with Gasteiger partial charge in [0.1, 0.15) is 0 Å². The summed E-state index contributed by atoms with van der Waals surface area (Å²) in [6, 6.07) is 8.21. The summed E-state index contributed by atoms with van der Waals surface area (Å²) in [5.41, 5.74) is 8.19. The molecular formula is C14H22N2O. The molecule has 0 spiro atoms. The summed E-state index contributed by atoms with van der Waals surface area (Å²) in [7, 11) is 1.84. The minimum atomic E-state index is -0.0663. The molecule has 0 saturated heterocycles. The highest BCUT2D eigenvalue weighted by atomic mass is 16.2. The zero-order chi connectivity index (χ0) is 12.8. The molecule has 1 atom stereocenters. The van der Waals surface area contributed by atoms with Crippen molar-refractivity contribution >= 4 is 5.91 Å². The number of benzene rings is 1. The normalized spacial score (nSPS) is 12.2. The molecule has 0 aliphatic rings. The molecule has 0 radical (unpaired) electrons. The van der Waals surface area contributed by atoms with E-state index in [4.69, 9.17) is 5.73 Å². The lowest BCUT2D eigenvalue weighted by atomic mass is 10.1. The van der Waals surface area contributed by atoms with Crippen molar-refractivity contribution in [1.82, 2.24) is 4.90 Å². The summed E-state index contributed by atoms with van der Waals surface area (Å²) in [6.45, 7) is 4.70. The molecule has 3 nitrogen and oxygen atoms in total. The summed E-state index contributed by atoms with van der Waals surface area (Å²) in [4.78, 5) is 13.5. The highest BCUT2D eigenvalue weighted by Crippen LogP contribution is 2.08. The van der Waals surface area contributed by atoms with Crippen molar-refractivity contribution in [3.63, 3.8) is 0 Å². The van der Waals surface area contributed by atoms with E-state index in [9.17, 15) is 4.79 Å². The largest absolute Gasteiger partial charge is 0.345 e. The number of hydrogen-bond acceptors (Lipinski definition) is 2. The lowest BCUT2D eigenvalue weighted by molar-refractivity contribution is -0.130. The molecule has 3 heteroatoms. The van der Waals surface area contributed by atoms with E-state index in [-0.39, 0.29) is 11.9 Å². The number of rotatable bonds is 5. The minimum absolute atomic E-state index is 0.0663. The van der Waals surface area contributed by atoms with E-state index >= 15 is 0 Å². The molecule has 0 fully saturated rings. The standard InChI is InChI=1S/C14H22N2O/c1-11-6-4-5-7-13(11)8-9-16(3)14(17)10-12(2)15/h4-7,12H,8-10,15H2,1-3H3. The fraction of sp³-hybridized carbons (Fsp3) is 0.500. The number of carbonyl (C=O) groups excluding carboxylic acids is 1. The quantitative estimate of drug-likeness (QED) is 0.843. The molecule has 17 heavy (non-hydrogen) atoms. The van der Waals surface area contributed by atoms with Crippen LogP contribution in [0.25, 0.3) is 0 Å². The van der Waals surface area contributed by atoms with Crippen LogP contribution in [0.2, 0.25) is 0 Å². The van der Waals surface area contributed by atoms with Crippen LogP contribution in [0.15, 0.2) is 24.3 Å². The van der Waals surface area contributed by atoms with Crippen LogP contribution in [0, 0.1) is 6.92 Å². The third kappa shape index (κ3) is 4.57. The van der Waals surface area contributed by atoms with Crippen LogP contribution >= 0.6 is 0 Å². The van der Waals surface area contributed by atoms with E-state index in [1.54, 1.807) is 4.90 Å². The van der Waals surface area contributed by atoms with Crippen LogP contribution in [-0.2, 0) is 11.2 Å². The zero-order valence-corrected chi connectivity index (χ0v) is 10.9. The van der Waals surface area contributed by atoms with Crippen LogP contribution in [0.3, 0.4) is 0 Å². The maximum absolute atomic E-state index is 11.7. The van der Waals surface area contributed by atoms with Gasteiger partial charge in [-0.05, 0) is 31.4 Å². The highest BCUT2D eigenvalue weighted by Gasteiger charge is 2.10. The average molecular weight is 234 g/mol. The van der Waals surface area contributed by atoms with E-state index in [0.717, 1.165) is 13.0 Å². The van der Waals surface area contributed by atoms with E-state index < -0.39 is 0 Å². The van der Waals surface area contributed by atoms with Gasteiger partial charge in [-0.2, -0.15) is 0 Å². The second kappa shape index (κ2) is 6.40. The highest BCUT2D eigenvalue weighted by molar-refractivity contribution is 5.76. The van der Waals surface area contributed by atoms with Crippen LogP contribution in [0.5, 0.6) is 0 Å². The third-order valence-electron chi connectivity index (χ3n) is 2.90. The number of likely N-dealkylation sites (N-methyl/N-ethyl adjacent to an activating group) is 1. The zero-order valence-electron chi connectivity index (χ0n) is 10.9. The van der Waals surface area contributed by atoms with Crippen LogP contribution in [0.1, 0.15) is 24.5 Å². The molecule has 1 rings (SSSR count). The number of amides is 1. The lowest BCUT2D eigenvalue weighted by Crippen LogP contribution is -2.33. The molecule has 0 saturated carbocycles. The van der Waals surface area contributed by atoms with Crippen molar-refractivity contribution in [3.05, 3.63) is 35.4 Å². The van der Waals surface area contributed by atoms with Crippen molar-refractivity contribution in [2.75, 3.05) is 13.6 Å². The van der Waals surface area contributed by atoms with Crippen molar-refractivity contribution in [1.29, 1.82) is 0 Å². The molecular weight excluding hydrogens is 212 g/mol. The maximum atomic E-state index is 11.7. The third-order valence-corrected chi connectivity index (χ3v) is 2.90. The van der Waals surface area contributed by atoms with Gasteiger partial charge in [-0.3, -0.25) is 4.79 Å². The van der Waals surface area contributed by atoms with Crippen molar-refractivity contribution in [2.24, 2.45) is 5.73 Å². The van der Waals surface area contributed by atoms with Crippen molar-refractivity contribution in [3.8, 4) is 0 Å². The van der Waals surface area contributed by atoms with E-state index in [1.807, 2.05) is 26.1 Å². The van der Waals surface area contributed by atoms with E-state index in [2.05, 4.69) is 19.1 Å². The van der Waals surface area contributed by atoms with Gasteiger partial charge < -0.3 is 10.6 Å². The SMILES string of the molecule is Cc1ccccc1CCN(C)C(=O)CC(C)N. The second-order valence-corrected chi connectivity index (χ2v) is 4.67. The maximum Gasteiger partial charge on any atom is 0.223 e. The average Bonchev–Trinajstić information content (AvgIpc) is 2.26. The lowest BCUT2D eigenvalue weighted by Gasteiger charge is -2.18. The Kier molecular flexibility index (Phi) is 5.16. The van der Waals surface area contributed by atoms with Gasteiger partial charge in [0.05, 0.1) is 0 Å². The van der Waals surface area contributed by atoms with Crippen molar-refractivity contribution < 1.29 is 4.79 Å². The number of hydrogen-bond donors (Lipinski definition) is 1. The Labute approximate surface area is 104 Å². The first-order valence-electron chi connectivity index (χ1n) is 6.04. The Hall–Kier alpha value is -1.35. The molecule has 1 unspecified atom stereocenters. The summed E-state index contributed by atoms with van der Waals surface area (Å²) in [6.07, 6.45) is 1.32. The molecule has 1 aromatic rings. The number of nitrogens with zero attached hydrogens (tertiary/aromatic N) is 1. The first-order chi connectivity index (χ1) is 8.00. The smallest absolute Gasteiger partial charge is 0.223 e. The molecule has 0 bridgehead atoms. The fourth-order valence-electron chi connectivity index (χ4n) is 1.73. The Balaban J connectivity index is 2.46. The molecule has 1 aromatic carbocycles. The van der Waals surface area contributed by atoms with Gasteiger partial charge >= 0.3 is 0 Å². The first kappa shape index (κ1) is 13.7. The summed E-state index contributed by atoms with van der Waals surface area (Å²) in [5, 5.41) is 0. The van der Waals surface area contributed by atoms with Gasteiger partial charge in [0.25, 0.3) is 0 Å². The number of aryl methyl sites for hydroxylation is 1. The number of carbonyl (C=O) groups is 1. The molecule has 94 valence electrons. The Morgan fingerprint density at radius 3 is 2.65 bits per heavy atom. The summed E-state index contributed by atoms with van der Waals surface area (Å²) in [5.74, 6) is 0.119.